The van der Waals surface area contributed by atoms with Gasteiger partial charge in [0.1, 0.15) is 5.82 Å². The molecule has 1 aromatic rings. The van der Waals surface area contributed by atoms with E-state index in [1.54, 1.807) is 18.3 Å². The van der Waals surface area contributed by atoms with E-state index in [9.17, 15) is 9.59 Å². The van der Waals surface area contributed by atoms with Gasteiger partial charge in [-0.05, 0) is 47.8 Å². The van der Waals surface area contributed by atoms with E-state index in [1.165, 1.54) is 0 Å². The predicted octanol–water partition coefficient (Wildman–Crippen LogP) is 2.90. The Kier molecular flexibility index (Phi) is 2.96. The predicted molar refractivity (Wildman–Crippen MR) is 80.5 cm³/mol. The van der Waals surface area contributed by atoms with Crippen molar-refractivity contribution in [3.05, 3.63) is 22.8 Å². The largest absolute Gasteiger partial charge is 0.448 e. The van der Waals surface area contributed by atoms with Gasteiger partial charge in [0.25, 0.3) is 5.91 Å². The lowest BCUT2D eigenvalue weighted by Gasteiger charge is -2.35. The van der Waals surface area contributed by atoms with Crippen molar-refractivity contribution in [3.8, 4) is 0 Å². The molecule has 2 atom stereocenters. The molecule has 1 aliphatic carbocycles. The number of amides is 1. The molecule has 6 heteroatoms. The highest BCUT2D eigenvalue weighted by atomic mass is 79.9. The molecule has 1 saturated heterocycles. The van der Waals surface area contributed by atoms with Crippen LogP contribution in [0.25, 0.3) is 0 Å². The number of esters is 1. The van der Waals surface area contributed by atoms with Crippen molar-refractivity contribution in [1.29, 1.82) is 0 Å². The van der Waals surface area contributed by atoms with Crippen molar-refractivity contribution in [2.75, 3.05) is 5.32 Å². The van der Waals surface area contributed by atoms with Crippen molar-refractivity contribution in [1.82, 2.24) is 4.98 Å². The van der Waals surface area contributed by atoms with Crippen LogP contribution in [0.2, 0.25) is 0 Å². The second-order valence-corrected chi connectivity index (χ2v) is 7.41. The Morgan fingerprint density at radius 3 is 2.52 bits per heavy atom. The van der Waals surface area contributed by atoms with Gasteiger partial charge in [-0.2, -0.15) is 0 Å². The molecule has 0 spiro atoms. The third-order valence-corrected chi connectivity index (χ3v) is 5.89. The van der Waals surface area contributed by atoms with E-state index in [-0.39, 0.29) is 11.9 Å². The summed E-state index contributed by atoms with van der Waals surface area (Å²) in [5.74, 6) is -0.125. The number of nitrogens with one attached hydrogen (secondary N) is 1. The molecule has 2 heterocycles. The molecule has 1 N–H and O–H groups in total. The molecule has 0 radical (unpaired) electrons. The Labute approximate surface area is 131 Å². The standard InChI is InChI=1S/C15H17BrN2O3/c1-13(2)14(3)6-7-15(13,21-12(14)20)11(19)18-10-5-4-9(16)8-17-10/h4-5,8H,6-7H2,1-3H3,(H,17,18,19)/t14-,15+/m1/s1. The Morgan fingerprint density at radius 2 is 2.05 bits per heavy atom. The van der Waals surface area contributed by atoms with Crippen molar-refractivity contribution in [3.63, 3.8) is 0 Å². The van der Waals surface area contributed by atoms with E-state index in [0.29, 0.717) is 18.7 Å². The van der Waals surface area contributed by atoms with Crippen molar-refractivity contribution >= 4 is 33.6 Å². The van der Waals surface area contributed by atoms with Crippen LogP contribution in [0.15, 0.2) is 22.8 Å². The molecular weight excluding hydrogens is 336 g/mol. The number of hydrogen-bond acceptors (Lipinski definition) is 4. The summed E-state index contributed by atoms with van der Waals surface area (Å²) < 4.78 is 6.37. The van der Waals surface area contributed by atoms with Gasteiger partial charge in [-0.15, -0.1) is 0 Å². The summed E-state index contributed by atoms with van der Waals surface area (Å²) in [7, 11) is 0. The van der Waals surface area contributed by atoms with Crippen LogP contribution in [0, 0.1) is 10.8 Å². The Morgan fingerprint density at radius 1 is 1.33 bits per heavy atom. The molecule has 3 rings (SSSR count). The Hall–Kier alpha value is -1.43. The summed E-state index contributed by atoms with van der Waals surface area (Å²) >= 11 is 3.30. The van der Waals surface area contributed by atoms with E-state index in [4.69, 9.17) is 4.74 Å². The van der Waals surface area contributed by atoms with Crippen LogP contribution in [-0.4, -0.2) is 22.5 Å². The van der Waals surface area contributed by atoms with Crippen LogP contribution in [0.3, 0.4) is 0 Å². The summed E-state index contributed by atoms with van der Waals surface area (Å²) in [6.07, 6.45) is 2.82. The summed E-state index contributed by atoms with van der Waals surface area (Å²) in [6.45, 7) is 5.74. The fraction of sp³-hybridized carbons (Fsp3) is 0.533. The van der Waals surface area contributed by atoms with E-state index >= 15 is 0 Å². The Balaban J connectivity index is 1.91. The summed E-state index contributed by atoms with van der Waals surface area (Å²) in [4.78, 5) is 29.0. The fourth-order valence-corrected chi connectivity index (χ4v) is 3.65. The number of pyridine rings is 1. The topological polar surface area (TPSA) is 68.3 Å². The second kappa shape index (κ2) is 4.29. The summed E-state index contributed by atoms with van der Waals surface area (Å²) in [5, 5.41) is 2.77. The minimum Gasteiger partial charge on any atom is -0.448 e. The van der Waals surface area contributed by atoms with Gasteiger partial charge in [-0.1, -0.05) is 13.8 Å². The minimum absolute atomic E-state index is 0.280. The van der Waals surface area contributed by atoms with Gasteiger partial charge >= 0.3 is 5.97 Å². The van der Waals surface area contributed by atoms with E-state index in [1.807, 2.05) is 20.8 Å². The van der Waals surface area contributed by atoms with E-state index in [0.717, 1.165) is 4.47 Å². The van der Waals surface area contributed by atoms with Crippen LogP contribution in [-0.2, 0) is 14.3 Å². The smallest absolute Gasteiger partial charge is 0.313 e. The molecule has 1 amide bonds. The average molecular weight is 353 g/mol. The zero-order valence-electron chi connectivity index (χ0n) is 12.2. The van der Waals surface area contributed by atoms with Crippen molar-refractivity contribution < 1.29 is 14.3 Å². The second-order valence-electron chi connectivity index (χ2n) is 6.49. The zero-order chi connectivity index (χ0) is 15.5. The van der Waals surface area contributed by atoms with Crippen LogP contribution in [0.4, 0.5) is 5.82 Å². The number of hydrogen-bond donors (Lipinski definition) is 1. The first-order chi connectivity index (χ1) is 9.73. The number of anilines is 1. The fourth-order valence-electron chi connectivity index (χ4n) is 3.41. The lowest BCUT2D eigenvalue weighted by atomic mass is 9.66. The third kappa shape index (κ3) is 1.71. The number of rotatable bonds is 2. The maximum Gasteiger partial charge on any atom is 0.313 e. The number of carbonyl (C=O) groups is 2. The molecule has 2 aliphatic rings. The van der Waals surface area contributed by atoms with E-state index < -0.39 is 16.4 Å². The first-order valence-corrected chi connectivity index (χ1v) is 7.69. The van der Waals surface area contributed by atoms with Crippen molar-refractivity contribution in [2.24, 2.45) is 10.8 Å². The summed E-state index contributed by atoms with van der Waals surface area (Å²) in [6, 6.07) is 3.50. The highest BCUT2D eigenvalue weighted by Crippen LogP contribution is 2.65. The van der Waals surface area contributed by atoms with E-state index in [2.05, 4.69) is 26.2 Å². The molecule has 112 valence electrons. The van der Waals surface area contributed by atoms with Gasteiger partial charge in [-0.3, -0.25) is 9.59 Å². The normalized spacial score (nSPS) is 32.9. The summed E-state index contributed by atoms with van der Waals surface area (Å²) in [5.41, 5.74) is -2.25. The number of ether oxygens (including phenoxy) is 1. The minimum atomic E-state index is -1.10. The first kappa shape index (κ1) is 14.5. The van der Waals surface area contributed by atoms with Gasteiger partial charge < -0.3 is 10.1 Å². The lowest BCUT2D eigenvalue weighted by molar-refractivity contribution is -0.165. The molecule has 1 aromatic heterocycles. The van der Waals surface area contributed by atoms with Crippen LogP contribution >= 0.6 is 15.9 Å². The lowest BCUT2D eigenvalue weighted by Crippen LogP contribution is -2.50. The van der Waals surface area contributed by atoms with Crippen LogP contribution < -0.4 is 5.32 Å². The number of aromatic nitrogens is 1. The highest BCUT2D eigenvalue weighted by Gasteiger charge is 2.75. The van der Waals surface area contributed by atoms with Gasteiger partial charge in [0.15, 0.2) is 5.60 Å². The van der Waals surface area contributed by atoms with Gasteiger partial charge in [0, 0.05) is 16.1 Å². The van der Waals surface area contributed by atoms with Crippen LogP contribution in [0.5, 0.6) is 0 Å². The van der Waals surface area contributed by atoms with Gasteiger partial charge in [0.05, 0.1) is 5.41 Å². The molecule has 21 heavy (non-hydrogen) atoms. The molecule has 1 saturated carbocycles. The number of halogens is 1. The molecule has 2 fully saturated rings. The molecule has 2 bridgehead atoms. The maximum absolute atomic E-state index is 12.7. The molecule has 0 unspecified atom stereocenters. The van der Waals surface area contributed by atoms with Crippen LogP contribution in [0.1, 0.15) is 33.6 Å². The monoisotopic (exact) mass is 352 g/mol. The number of carbonyl (C=O) groups excluding carboxylic acids is 2. The third-order valence-electron chi connectivity index (χ3n) is 5.42. The number of nitrogens with zero attached hydrogens (tertiary/aromatic N) is 1. The Bertz CT molecular complexity index is 628. The molecule has 1 aliphatic heterocycles. The maximum atomic E-state index is 12.7. The molecular formula is C15H17BrN2O3. The molecule has 0 aromatic carbocycles. The molecule has 5 nitrogen and oxygen atoms in total. The van der Waals surface area contributed by atoms with Crippen molar-refractivity contribution in [2.45, 2.75) is 39.2 Å². The SMILES string of the molecule is CC1(C)[C@@]2(C(=O)Nc3ccc(Br)cn3)CC[C@]1(C)C(=O)O2. The van der Waals surface area contributed by atoms with Gasteiger partial charge in [0.2, 0.25) is 0 Å². The number of fused-ring (bicyclic) bond motifs is 2. The zero-order valence-corrected chi connectivity index (χ0v) is 13.8. The highest BCUT2D eigenvalue weighted by molar-refractivity contribution is 9.10. The quantitative estimate of drug-likeness (QED) is 0.831. The van der Waals surface area contributed by atoms with Gasteiger partial charge in [-0.25, -0.2) is 4.98 Å². The average Bonchev–Trinajstić information content (AvgIpc) is 2.72. The first-order valence-electron chi connectivity index (χ1n) is 6.89.